The molecule has 0 aromatic heterocycles. The molecule has 2 rings (SSSR count). The topological polar surface area (TPSA) is 32.3 Å². The zero-order valence-electron chi connectivity index (χ0n) is 11.0. The van der Waals surface area contributed by atoms with Crippen LogP contribution in [0, 0.1) is 5.92 Å². The minimum Gasteiger partial charge on any atom is -0.508 e. The van der Waals surface area contributed by atoms with Crippen LogP contribution in [0.5, 0.6) is 5.75 Å². The first-order valence-corrected chi connectivity index (χ1v) is 7.24. The van der Waals surface area contributed by atoms with Crippen molar-refractivity contribution in [1.29, 1.82) is 0 Å². The molecule has 18 heavy (non-hydrogen) atoms. The first kappa shape index (κ1) is 13.7. The van der Waals surface area contributed by atoms with Crippen LogP contribution in [0.25, 0.3) is 0 Å². The molecule has 2 nitrogen and oxygen atoms in total. The fourth-order valence-corrected chi connectivity index (χ4v) is 2.90. The van der Waals surface area contributed by atoms with Gasteiger partial charge in [0.15, 0.2) is 0 Å². The van der Waals surface area contributed by atoms with Gasteiger partial charge in [0.05, 0.1) is 0 Å². The number of rotatable bonds is 3. The predicted octanol–water partition coefficient (Wildman–Crippen LogP) is 4.10. The van der Waals surface area contributed by atoms with Crippen molar-refractivity contribution in [3.05, 3.63) is 28.8 Å². The summed E-state index contributed by atoms with van der Waals surface area (Å²) in [6.07, 6.45) is 6.40. The molecule has 1 aliphatic carbocycles. The average Bonchev–Trinajstić information content (AvgIpc) is 2.54. The van der Waals surface area contributed by atoms with Gasteiger partial charge in [0, 0.05) is 23.2 Å². The van der Waals surface area contributed by atoms with Crippen LogP contribution in [-0.2, 0) is 6.54 Å². The second-order valence-corrected chi connectivity index (χ2v) is 5.84. The number of halogens is 1. The number of nitrogens with one attached hydrogen (secondary N) is 1. The first-order chi connectivity index (χ1) is 8.66. The summed E-state index contributed by atoms with van der Waals surface area (Å²) in [5.41, 5.74) is 0.816. The average molecular weight is 268 g/mol. The monoisotopic (exact) mass is 267 g/mol. The molecule has 3 heteroatoms. The van der Waals surface area contributed by atoms with Crippen molar-refractivity contribution in [1.82, 2.24) is 5.32 Å². The molecular weight excluding hydrogens is 246 g/mol. The van der Waals surface area contributed by atoms with Gasteiger partial charge in [-0.3, -0.25) is 0 Å². The highest BCUT2D eigenvalue weighted by Gasteiger charge is 2.16. The van der Waals surface area contributed by atoms with Crippen molar-refractivity contribution in [2.24, 2.45) is 5.92 Å². The lowest BCUT2D eigenvalue weighted by Gasteiger charge is -2.17. The maximum atomic E-state index is 9.79. The quantitative estimate of drug-likeness (QED) is 0.808. The predicted molar refractivity (Wildman–Crippen MR) is 76.0 cm³/mol. The highest BCUT2D eigenvalue weighted by atomic mass is 35.5. The molecule has 1 aromatic carbocycles. The first-order valence-electron chi connectivity index (χ1n) is 6.86. The van der Waals surface area contributed by atoms with Crippen molar-refractivity contribution in [3.8, 4) is 5.75 Å². The summed E-state index contributed by atoms with van der Waals surface area (Å²) < 4.78 is 0. The number of hydrogen-bond donors (Lipinski definition) is 2. The van der Waals surface area contributed by atoms with Crippen molar-refractivity contribution < 1.29 is 5.11 Å². The summed E-state index contributed by atoms with van der Waals surface area (Å²) in [7, 11) is 0. The zero-order chi connectivity index (χ0) is 13.0. The Morgan fingerprint density at radius 2 is 2.11 bits per heavy atom. The van der Waals surface area contributed by atoms with E-state index >= 15 is 0 Å². The van der Waals surface area contributed by atoms with E-state index < -0.39 is 0 Å². The Hall–Kier alpha value is -0.730. The number of aromatic hydroxyl groups is 1. The van der Waals surface area contributed by atoms with E-state index in [1.807, 2.05) is 6.07 Å². The molecule has 2 atom stereocenters. The van der Waals surface area contributed by atoms with Crippen molar-refractivity contribution in [3.63, 3.8) is 0 Å². The van der Waals surface area contributed by atoms with Gasteiger partial charge < -0.3 is 10.4 Å². The van der Waals surface area contributed by atoms with Crippen molar-refractivity contribution in [2.45, 2.75) is 51.6 Å². The van der Waals surface area contributed by atoms with Gasteiger partial charge in [-0.05, 0) is 37.3 Å². The van der Waals surface area contributed by atoms with Gasteiger partial charge in [-0.2, -0.15) is 0 Å². The standard InChI is InChI=1S/C15H22ClNO/c1-11-4-2-5-12(9-8-11)17-10-13-14(16)6-3-7-15(13)18/h3,6-7,11-12,17-18H,2,4-5,8-10H2,1H3. The second-order valence-electron chi connectivity index (χ2n) is 5.43. The maximum absolute atomic E-state index is 9.79. The third-order valence-corrected chi connectivity index (χ3v) is 4.27. The molecule has 1 aromatic rings. The van der Waals surface area contributed by atoms with Crippen LogP contribution in [0.15, 0.2) is 18.2 Å². The Balaban J connectivity index is 1.91. The van der Waals surface area contributed by atoms with Crippen LogP contribution in [0.1, 0.15) is 44.6 Å². The van der Waals surface area contributed by atoms with Gasteiger partial charge in [0.25, 0.3) is 0 Å². The van der Waals surface area contributed by atoms with Gasteiger partial charge in [-0.25, -0.2) is 0 Å². The summed E-state index contributed by atoms with van der Waals surface area (Å²) in [5.74, 6) is 1.14. The molecular formula is C15H22ClNO. The molecule has 2 N–H and O–H groups in total. The molecule has 1 saturated carbocycles. The SMILES string of the molecule is CC1CCCC(NCc2c(O)cccc2Cl)CC1. The van der Waals surface area contributed by atoms with E-state index in [4.69, 9.17) is 11.6 Å². The van der Waals surface area contributed by atoms with E-state index in [1.165, 1.54) is 32.1 Å². The Labute approximate surface area is 114 Å². The van der Waals surface area contributed by atoms with Gasteiger partial charge in [-0.1, -0.05) is 37.4 Å². The van der Waals surface area contributed by atoms with E-state index in [0.717, 1.165) is 11.5 Å². The number of benzene rings is 1. The number of phenolic OH excluding ortho intramolecular Hbond substituents is 1. The third kappa shape index (κ3) is 3.63. The molecule has 2 unspecified atom stereocenters. The highest BCUT2D eigenvalue weighted by molar-refractivity contribution is 6.31. The second kappa shape index (κ2) is 6.44. The summed E-state index contributed by atoms with van der Waals surface area (Å²) in [5, 5.41) is 14.0. The van der Waals surface area contributed by atoms with Crippen molar-refractivity contribution in [2.75, 3.05) is 0 Å². The molecule has 0 aliphatic heterocycles. The molecule has 1 fully saturated rings. The lowest BCUT2D eigenvalue weighted by atomic mass is 10.0. The Bertz CT molecular complexity index is 374. The Morgan fingerprint density at radius 1 is 1.28 bits per heavy atom. The molecule has 0 heterocycles. The summed E-state index contributed by atoms with van der Waals surface area (Å²) in [6, 6.07) is 5.85. The summed E-state index contributed by atoms with van der Waals surface area (Å²) in [6.45, 7) is 2.99. The van der Waals surface area contributed by atoms with Gasteiger partial charge in [0.2, 0.25) is 0 Å². The van der Waals surface area contributed by atoms with Gasteiger partial charge in [-0.15, -0.1) is 0 Å². The number of phenols is 1. The molecule has 1 aliphatic rings. The normalized spacial score (nSPS) is 24.8. The Kier molecular flexibility index (Phi) is 4.90. The van der Waals surface area contributed by atoms with E-state index in [2.05, 4.69) is 12.2 Å². The van der Waals surface area contributed by atoms with E-state index in [0.29, 0.717) is 17.6 Å². The third-order valence-electron chi connectivity index (χ3n) is 3.92. The molecule has 0 saturated heterocycles. The largest absolute Gasteiger partial charge is 0.508 e. The van der Waals surface area contributed by atoms with Crippen LogP contribution < -0.4 is 5.32 Å². The summed E-state index contributed by atoms with van der Waals surface area (Å²) in [4.78, 5) is 0. The minimum atomic E-state index is 0.289. The smallest absolute Gasteiger partial charge is 0.121 e. The van der Waals surface area contributed by atoms with Crippen LogP contribution in [0.4, 0.5) is 0 Å². The van der Waals surface area contributed by atoms with Gasteiger partial charge in [0.1, 0.15) is 5.75 Å². The van der Waals surface area contributed by atoms with E-state index in [-0.39, 0.29) is 5.75 Å². The van der Waals surface area contributed by atoms with Crippen LogP contribution in [0.3, 0.4) is 0 Å². The highest BCUT2D eigenvalue weighted by Crippen LogP contribution is 2.26. The van der Waals surface area contributed by atoms with Crippen LogP contribution >= 0.6 is 11.6 Å². The summed E-state index contributed by atoms with van der Waals surface area (Å²) >= 11 is 6.10. The zero-order valence-corrected chi connectivity index (χ0v) is 11.7. The minimum absolute atomic E-state index is 0.289. The lowest BCUT2D eigenvalue weighted by molar-refractivity contribution is 0.432. The van der Waals surface area contributed by atoms with Crippen molar-refractivity contribution >= 4 is 11.6 Å². The maximum Gasteiger partial charge on any atom is 0.121 e. The Morgan fingerprint density at radius 3 is 2.89 bits per heavy atom. The fourth-order valence-electron chi connectivity index (χ4n) is 2.66. The number of hydrogen-bond acceptors (Lipinski definition) is 2. The van der Waals surface area contributed by atoms with Crippen LogP contribution in [0.2, 0.25) is 5.02 Å². The molecule has 0 spiro atoms. The molecule has 0 radical (unpaired) electrons. The lowest BCUT2D eigenvalue weighted by Crippen LogP contribution is -2.28. The fraction of sp³-hybridized carbons (Fsp3) is 0.600. The van der Waals surface area contributed by atoms with Crippen LogP contribution in [-0.4, -0.2) is 11.1 Å². The van der Waals surface area contributed by atoms with Gasteiger partial charge >= 0.3 is 0 Å². The van der Waals surface area contributed by atoms with E-state index in [1.54, 1.807) is 12.1 Å². The molecule has 0 bridgehead atoms. The molecule has 100 valence electrons. The molecule has 0 amide bonds. The van der Waals surface area contributed by atoms with E-state index in [9.17, 15) is 5.11 Å².